The number of benzene rings is 1. The van der Waals surface area contributed by atoms with Gasteiger partial charge >= 0.3 is 6.18 Å². The maximum Gasteiger partial charge on any atom is 0.419 e. The van der Waals surface area contributed by atoms with Gasteiger partial charge in [-0.3, -0.25) is 9.59 Å². The molecule has 0 saturated heterocycles. The van der Waals surface area contributed by atoms with E-state index in [1.807, 2.05) is 0 Å². The fourth-order valence-electron chi connectivity index (χ4n) is 1.21. The molecular weight excluding hydrogens is 251 g/mol. The first kappa shape index (κ1) is 14.0. The van der Waals surface area contributed by atoms with E-state index < -0.39 is 35.8 Å². The largest absolute Gasteiger partial charge is 0.485 e. The van der Waals surface area contributed by atoms with Crippen molar-refractivity contribution in [2.45, 2.75) is 13.1 Å². The van der Waals surface area contributed by atoms with Gasteiger partial charge in [0.25, 0.3) is 0 Å². The van der Waals surface area contributed by atoms with Gasteiger partial charge in [-0.05, 0) is 25.1 Å². The van der Waals surface area contributed by atoms with Crippen molar-refractivity contribution in [1.29, 1.82) is 0 Å². The molecule has 2 N–H and O–H groups in total. The van der Waals surface area contributed by atoms with Crippen LogP contribution in [0.1, 0.15) is 22.8 Å². The average molecular weight is 261 g/mol. The Balaban J connectivity index is 3.17. The second-order valence-corrected chi connectivity index (χ2v) is 3.56. The van der Waals surface area contributed by atoms with Gasteiger partial charge in [0.15, 0.2) is 5.78 Å². The zero-order chi connectivity index (χ0) is 13.9. The van der Waals surface area contributed by atoms with Crippen molar-refractivity contribution in [3.05, 3.63) is 29.3 Å². The summed E-state index contributed by atoms with van der Waals surface area (Å²) in [6, 6.07) is 2.66. The Bertz CT molecular complexity index is 483. The minimum absolute atomic E-state index is 0.280. The number of amides is 1. The number of carbonyl (C=O) groups excluding carboxylic acids is 2. The van der Waals surface area contributed by atoms with E-state index >= 15 is 0 Å². The fourth-order valence-corrected chi connectivity index (χ4v) is 1.21. The number of nitrogens with two attached hydrogens (primary N) is 1. The molecule has 0 fully saturated rings. The lowest BCUT2D eigenvalue weighted by Gasteiger charge is -2.14. The number of rotatable bonds is 4. The maximum atomic E-state index is 12.7. The highest BCUT2D eigenvalue weighted by molar-refractivity contribution is 5.93. The van der Waals surface area contributed by atoms with Crippen LogP contribution >= 0.6 is 0 Å². The third-order valence-corrected chi connectivity index (χ3v) is 2.00. The molecule has 7 heteroatoms. The zero-order valence-corrected chi connectivity index (χ0v) is 9.38. The summed E-state index contributed by atoms with van der Waals surface area (Å²) in [5, 5.41) is 0. The molecule has 1 rings (SSSR count). The summed E-state index contributed by atoms with van der Waals surface area (Å²) in [6.07, 6.45) is -4.70. The minimum Gasteiger partial charge on any atom is -0.485 e. The second-order valence-electron chi connectivity index (χ2n) is 3.56. The fraction of sp³-hybridized carbons (Fsp3) is 0.273. The summed E-state index contributed by atoms with van der Waals surface area (Å²) in [7, 11) is 0. The van der Waals surface area contributed by atoms with Crippen LogP contribution < -0.4 is 10.5 Å². The summed E-state index contributed by atoms with van der Waals surface area (Å²) in [6.45, 7) is 0.712. The Morgan fingerprint density at radius 3 is 2.39 bits per heavy atom. The Morgan fingerprint density at radius 1 is 1.33 bits per heavy atom. The molecule has 0 bridgehead atoms. The highest BCUT2D eigenvalue weighted by atomic mass is 19.4. The van der Waals surface area contributed by atoms with Gasteiger partial charge in [0, 0.05) is 5.56 Å². The minimum atomic E-state index is -4.70. The molecule has 0 aliphatic heterocycles. The number of ether oxygens (including phenoxy) is 1. The number of Topliss-reactive ketones (excluding diaryl/α,β-unsaturated/α-hetero) is 1. The van der Waals surface area contributed by atoms with E-state index in [1.165, 1.54) is 6.92 Å². The predicted octanol–water partition coefficient (Wildman–Crippen LogP) is 1.77. The van der Waals surface area contributed by atoms with Gasteiger partial charge < -0.3 is 10.5 Å². The first-order chi connectivity index (χ1) is 8.21. The van der Waals surface area contributed by atoms with Crippen LogP contribution in [0.25, 0.3) is 0 Å². The Labute approximate surface area is 101 Å². The van der Waals surface area contributed by atoms with Crippen LogP contribution in [-0.2, 0) is 11.0 Å². The lowest BCUT2D eigenvalue weighted by Crippen LogP contribution is -2.16. The molecule has 0 unspecified atom stereocenters. The normalized spacial score (nSPS) is 11.1. The first-order valence-corrected chi connectivity index (χ1v) is 4.85. The van der Waals surface area contributed by atoms with Crippen LogP contribution in [0.2, 0.25) is 0 Å². The molecule has 0 radical (unpaired) electrons. The van der Waals surface area contributed by atoms with Crippen LogP contribution in [0.4, 0.5) is 13.2 Å². The van der Waals surface area contributed by atoms with E-state index in [1.54, 1.807) is 0 Å². The van der Waals surface area contributed by atoms with Crippen molar-refractivity contribution in [1.82, 2.24) is 0 Å². The van der Waals surface area contributed by atoms with Crippen molar-refractivity contribution < 1.29 is 27.5 Å². The van der Waals surface area contributed by atoms with Gasteiger partial charge in [0.05, 0.1) is 5.56 Å². The lowest BCUT2D eigenvalue weighted by atomic mass is 10.1. The molecule has 18 heavy (non-hydrogen) atoms. The summed E-state index contributed by atoms with van der Waals surface area (Å²) in [4.78, 5) is 21.5. The van der Waals surface area contributed by atoms with Crippen LogP contribution in [0.3, 0.4) is 0 Å². The van der Waals surface area contributed by atoms with E-state index in [2.05, 4.69) is 0 Å². The highest BCUT2D eigenvalue weighted by Crippen LogP contribution is 2.36. The Morgan fingerprint density at radius 2 is 1.94 bits per heavy atom. The van der Waals surface area contributed by atoms with Gasteiger partial charge in [-0.15, -0.1) is 0 Å². The number of ketones is 1. The molecule has 0 saturated carbocycles. The van der Waals surface area contributed by atoms with E-state index in [0.29, 0.717) is 6.07 Å². The Hall–Kier alpha value is -2.05. The Kier molecular flexibility index (Phi) is 3.95. The SMILES string of the molecule is CC(=O)COc1ccc(C(N)=O)cc1C(F)(F)F. The standard InChI is InChI=1S/C11H10F3NO3/c1-6(16)5-18-9-3-2-7(10(15)17)4-8(9)11(12,13)14/h2-4H,5H2,1H3,(H2,15,17). The van der Waals surface area contributed by atoms with Crippen molar-refractivity contribution in [2.75, 3.05) is 6.61 Å². The molecule has 1 aromatic carbocycles. The number of hydrogen-bond acceptors (Lipinski definition) is 3. The molecule has 1 amide bonds. The molecular formula is C11H10F3NO3. The van der Waals surface area contributed by atoms with E-state index in [4.69, 9.17) is 10.5 Å². The van der Waals surface area contributed by atoms with Crippen LogP contribution in [0, 0.1) is 0 Å². The third-order valence-electron chi connectivity index (χ3n) is 2.00. The number of alkyl halides is 3. The zero-order valence-electron chi connectivity index (χ0n) is 9.38. The second kappa shape index (κ2) is 5.07. The molecule has 0 aliphatic rings. The number of halogens is 3. The number of primary amides is 1. The first-order valence-electron chi connectivity index (χ1n) is 4.85. The van der Waals surface area contributed by atoms with Crippen molar-refractivity contribution in [2.24, 2.45) is 5.73 Å². The third kappa shape index (κ3) is 3.47. The molecule has 1 aromatic rings. The van der Waals surface area contributed by atoms with E-state index in [-0.39, 0.29) is 5.56 Å². The van der Waals surface area contributed by atoms with Crippen molar-refractivity contribution in [3.63, 3.8) is 0 Å². The molecule has 0 heterocycles. The van der Waals surface area contributed by atoms with Gasteiger partial charge in [0.2, 0.25) is 5.91 Å². The van der Waals surface area contributed by atoms with Crippen LogP contribution in [0.5, 0.6) is 5.75 Å². The van der Waals surface area contributed by atoms with Gasteiger partial charge in [-0.1, -0.05) is 0 Å². The summed E-state index contributed by atoms with van der Waals surface area (Å²) in [5.41, 5.74) is 3.48. The summed E-state index contributed by atoms with van der Waals surface area (Å²) in [5.74, 6) is -1.90. The molecule has 4 nitrogen and oxygen atoms in total. The molecule has 0 atom stereocenters. The topological polar surface area (TPSA) is 69.4 Å². The average Bonchev–Trinajstić information content (AvgIpc) is 2.24. The van der Waals surface area contributed by atoms with E-state index in [0.717, 1.165) is 12.1 Å². The molecule has 98 valence electrons. The smallest absolute Gasteiger partial charge is 0.419 e. The summed E-state index contributed by atoms with van der Waals surface area (Å²) < 4.78 is 42.8. The summed E-state index contributed by atoms with van der Waals surface area (Å²) >= 11 is 0. The van der Waals surface area contributed by atoms with Crippen molar-refractivity contribution >= 4 is 11.7 Å². The molecule has 0 aromatic heterocycles. The number of hydrogen-bond donors (Lipinski definition) is 1. The highest BCUT2D eigenvalue weighted by Gasteiger charge is 2.35. The molecule has 0 spiro atoms. The maximum absolute atomic E-state index is 12.7. The quantitative estimate of drug-likeness (QED) is 0.898. The van der Waals surface area contributed by atoms with Gasteiger partial charge in [-0.2, -0.15) is 13.2 Å². The predicted molar refractivity (Wildman–Crippen MR) is 56.1 cm³/mol. The van der Waals surface area contributed by atoms with Crippen LogP contribution in [-0.4, -0.2) is 18.3 Å². The number of carbonyl (C=O) groups is 2. The van der Waals surface area contributed by atoms with E-state index in [9.17, 15) is 22.8 Å². The lowest BCUT2D eigenvalue weighted by molar-refractivity contribution is -0.139. The molecule has 0 aliphatic carbocycles. The van der Waals surface area contributed by atoms with Crippen molar-refractivity contribution in [3.8, 4) is 5.75 Å². The van der Waals surface area contributed by atoms with Gasteiger partial charge in [0.1, 0.15) is 12.4 Å². The van der Waals surface area contributed by atoms with Crippen LogP contribution in [0.15, 0.2) is 18.2 Å². The van der Waals surface area contributed by atoms with Gasteiger partial charge in [-0.25, -0.2) is 0 Å². The monoisotopic (exact) mass is 261 g/mol.